The maximum atomic E-state index is 5.75. The highest BCUT2D eigenvalue weighted by molar-refractivity contribution is 8.00. The Kier molecular flexibility index (Phi) is 3.92. The summed E-state index contributed by atoms with van der Waals surface area (Å²) >= 11 is 2.00. The topological polar surface area (TPSA) is 38.4 Å². The molecule has 0 aliphatic carbocycles. The Hall–Kier alpha value is -0.180. The monoisotopic (exact) mass is 186 g/mol. The van der Waals surface area contributed by atoms with Gasteiger partial charge in [-0.3, -0.25) is 4.99 Å². The van der Waals surface area contributed by atoms with Crippen LogP contribution in [0.1, 0.15) is 33.1 Å². The number of hydrogen-bond donors (Lipinski definition) is 1. The molecule has 0 radical (unpaired) electrons. The predicted octanol–water partition coefficient (Wildman–Crippen LogP) is 2.04. The molecule has 0 aromatic rings. The lowest BCUT2D eigenvalue weighted by molar-refractivity contribution is 0.702. The zero-order valence-corrected chi connectivity index (χ0v) is 8.73. The Bertz CT molecular complexity index is 168. The van der Waals surface area contributed by atoms with Crippen LogP contribution in [0.25, 0.3) is 0 Å². The van der Waals surface area contributed by atoms with Crippen molar-refractivity contribution < 1.29 is 0 Å². The van der Waals surface area contributed by atoms with Crippen molar-refractivity contribution in [2.45, 2.75) is 44.4 Å². The largest absolute Gasteiger partial charge is 0.387 e. The summed E-state index contributed by atoms with van der Waals surface area (Å²) in [5.41, 5.74) is 5.75. The highest BCUT2D eigenvalue weighted by Gasteiger charge is 2.20. The molecule has 1 saturated heterocycles. The molecule has 1 aliphatic rings. The normalized spacial score (nSPS) is 31.0. The van der Waals surface area contributed by atoms with Gasteiger partial charge in [-0.25, -0.2) is 0 Å². The van der Waals surface area contributed by atoms with Crippen molar-refractivity contribution in [3.8, 4) is 0 Å². The van der Waals surface area contributed by atoms with Crippen LogP contribution in [0.3, 0.4) is 0 Å². The molecular weight excluding hydrogens is 168 g/mol. The van der Waals surface area contributed by atoms with E-state index in [2.05, 4.69) is 18.8 Å². The summed E-state index contributed by atoms with van der Waals surface area (Å²) in [4.78, 5) is 4.49. The summed E-state index contributed by atoms with van der Waals surface area (Å²) < 4.78 is 0. The molecule has 0 amide bonds. The first kappa shape index (κ1) is 9.90. The van der Waals surface area contributed by atoms with Crippen molar-refractivity contribution >= 4 is 17.6 Å². The third-order valence-corrected chi connectivity index (χ3v) is 3.37. The van der Waals surface area contributed by atoms with Gasteiger partial charge in [0.05, 0.1) is 11.9 Å². The van der Waals surface area contributed by atoms with E-state index in [1.165, 1.54) is 6.42 Å². The lowest BCUT2D eigenvalue weighted by atomic mass is 10.2. The van der Waals surface area contributed by atoms with E-state index >= 15 is 0 Å². The number of nitrogens with zero attached hydrogens (tertiary/aromatic N) is 1. The van der Waals surface area contributed by atoms with Crippen LogP contribution in [0.5, 0.6) is 0 Å². The predicted molar refractivity (Wildman–Crippen MR) is 56.9 cm³/mol. The van der Waals surface area contributed by atoms with Gasteiger partial charge in [-0.15, -0.1) is 0 Å². The van der Waals surface area contributed by atoms with Crippen molar-refractivity contribution in [3.63, 3.8) is 0 Å². The number of aliphatic imine (C=N–C) groups is 1. The molecule has 1 rings (SSSR count). The zero-order chi connectivity index (χ0) is 8.97. The lowest BCUT2D eigenvalue weighted by Gasteiger charge is -2.04. The SMILES string of the molecule is CCCC(N)=NC1CSC(C)C1. The average Bonchev–Trinajstić information content (AvgIpc) is 2.36. The minimum atomic E-state index is 0.497. The summed E-state index contributed by atoms with van der Waals surface area (Å²) in [5, 5.41) is 0.771. The standard InChI is InChI=1S/C9H18N2S/c1-3-4-9(10)11-8-5-7(2)12-6-8/h7-8H,3-6H2,1-2H3,(H2,10,11). The Morgan fingerprint density at radius 2 is 2.42 bits per heavy atom. The molecule has 3 heteroatoms. The Morgan fingerprint density at radius 1 is 1.67 bits per heavy atom. The van der Waals surface area contributed by atoms with E-state index in [1.54, 1.807) is 0 Å². The van der Waals surface area contributed by atoms with Crippen LogP contribution in [-0.2, 0) is 0 Å². The van der Waals surface area contributed by atoms with E-state index in [4.69, 9.17) is 5.73 Å². The number of amidine groups is 1. The first-order valence-corrected chi connectivity index (χ1v) is 5.71. The smallest absolute Gasteiger partial charge is 0.0940 e. The van der Waals surface area contributed by atoms with Crippen LogP contribution in [-0.4, -0.2) is 22.9 Å². The third-order valence-electron chi connectivity index (χ3n) is 2.03. The van der Waals surface area contributed by atoms with Crippen LogP contribution in [0, 0.1) is 0 Å². The van der Waals surface area contributed by atoms with Gasteiger partial charge < -0.3 is 5.73 Å². The molecule has 2 N–H and O–H groups in total. The van der Waals surface area contributed by atoms with Gasteiger partial charge >= 0.3 is 0 Å². The lowest BCUT2D eigenvalue weighted by Crippen LogP contribution is -2.16. The fraction of sp³-hybridized carbons (Fsp3) is 0.889. The highest BCUT2D eigenvalue weighted by atomic mass is 32.2. The van der Waals surface area contributed by atoms with Crippen LogP contribution in [0.4, 0.5) is 0 Å². The first-order chi connectivity index (χ1) is 5.72. The summed E-state index contributed by atoms with van der Waals surface area (Å²) in [6, 6.07) is 0.497. The molecule has 0 saturated carbocycles. The van der Waals surface area contributed by atoms with Gasteiger partial charge in [0.25, 0.3) is 0 Å². The average molecular weight is 186 g/mol. The molecule has 0 aromatic heterocycles. The Labute approximate surface area is 79.0 Å². The molecule has 1 fully saturated rings. The Morgan fingerprint density at radius 3 is 2.92 bits per heavy atom. The van der Waals surface area contributed by atoms with Crippen LogP contribution in [0.2, 0.25) is 0 Å². The van der Waals surface area contributed by atoms with E-state index in [-0.39, 0.29) is 0 Å². The van der Waals surface area contributed by atoms with Crippen LogP contribution >= 0.6 is 11.8 Å². The molecule has 0 bridgehead atoms. The van der Waals surface area contributed by atoms with E-state index in [0.29, 0.717) is 6.04 Å². The fourth-order valence-corrected chi connectivity index (χ4v) is 2.56. The van der Waals surface area contributed by atoms with Crippen molar-refractivity contribution in [2.75, 3.05) is 5.75 Å². The molecule has 0 spiro atoms. The zero-order valence-electron chi connectivity index (χ0n) is 7.92. The summed E-state index contributed by atoms with van der Waals surface area (Å²) in [6.45, 7) is 4.39. The molecule has 0 aromatic carbocycles. The van der Waals surface area contributed by atoms with Gasteiger partial charge in [0, 0.05) is 17.4 Å². The molecule has 12 heavy (non-hydrogen) atoms. The van der Waals surface area contributed by atoms with Crippen molar-refractivity contribution in [2.24, 2.45) is 10.7 Å². The summed E-state index contributed by atoms with van der Waals surface area (Å²) in [7, 11) is 0. The van der Waals surface area contributed by atoms with Gasteiger partial charge in [0.2, 0.25) is 0 Å². The molecule has 1 aliphatic heterocycles. The van der Waals surface area contributed by atoms with E-state index < -0.39 is 0 Å². The fourth-order valence-electron chi connectivity index (χ4n) is 1.44. The number of nitrogens with two attached hydrogens (primary N) is 1. The molecule has 2 nitrogen and oxygen atoms in total. The number of rotatable bonds is 3. The van der Waals surface area contributed by atoms with E-state index in [9.17, 15) is 0 Å². The maximum Gasteiger partial charge on any atom is 0.0940 e. The quantitative estimate of drug-likeness (QED) is 0.541. The second kappa shape index (κ2) is 4.75. The number of hydrogen-bond acceptors (Lipinski definition) is 2. The number of thioether (sulfide) groups is 1. The minimum absolute atomic E-state index is 0.497. The minimum Gasteiger partial charge on any atom is -0.387 e. The van der Waals surface area contributed by atoms with Crippen molar-refractivity contribution in [3.05, 3.63) is 0 Å². The van der Waals surface area contributed by atoms with E-state index in [0.717, 1.165) is 29.7 Å². The third kappa shape index (κ3) is 3.05. The summed E-state index contributed by atoms with van der Waals surface area (Å²) in [5.74, 6) is 2.00. The van der Waals surface area contributed by atoms with Crippen molar-refractivity contribution in [1.82, 2.24) is 0 Å². The van der Waals surface area contributed by atoms with Gasteiger partial charge in [-0.05, 0) is 12.8 Å². The first-order valence-electron chi connectivity index (χ1n) is 4.66. The van der Waals surface area contributed by atoms with Gasteiger partial charge in [-0.1, -0.05) is 13.8 Å². The summed E-state index contributed by atoms with van der Waals surface area (Å²) in [6.07, 6.45) is 3.26. The molecular formula is C9H18N2S. The highest BCUT2D eigenvalue weighted by Crippen LogP contribution is 2.27. The van der Waals surface area contributed by atoms with Crippen molar-refractivity contribution in [1.29, 1.82) is 0 Å². The second-order valence-corrected chi connectivity index (χ2v) is 4.88. The van der Waals surface area contributed by atoms with Gasteiger partial charge in [-0.2, -0.15) is 11.8 Å². The second-order valence-electron chi connectivity index (χ2n) is 3.40. The van der Waals surface area contributed by atoms with Gasteiger partial charge in [0.1, 0.15) is 0 Å². The molecule has 1 heterocycles. The van der Waals surface area contributed by atoms with E-state index in [1.807, 2.05) is 11.8 Å². The van der Waals surface area contributed by atoms with Crippen LogP contribution in [0.15, 0.2) is 4.99 Å². The molecule has 2 unspecified atom stereocenters. The van der Waals surface area contributed by atoms with Gasteiger partial charge in [0.15, 0.2) is 0 Å². The molecule has 70 valence electrons. The Balaban J connectivity index is 2.34. The molecule has 2 atom stereocenters. The maximum absolute atomic E-state index is 5.75. The van der Waals surface area contributed by atoms with Crippen LogP contribution < -0.4 is 5.73 Å².